The lowest BCUT2D eigenvalue weighted by atomic mass is 10.1. The van der Waals surface area contributed by atoms with E-state index < -0.39 is 0 Å². The van der Waals surface area contributed by atoms with Crippen LogP contribution < -0.4 is 5.32 Å². The molecule has 0 bridgehead atoms. The van der Waals surface area contributed by atoms with E-state index >= 15 is 0 Å². The lowest BCUT2D eigenvalue weighted by molar-refractivity contribution is 0.0318. The Morgan fingerprint density at radius 2 is 1.76 bits per heavy atom. The summed E-state index contributed by atoms with van der Waals surface area (Å²) in [5, 5.41) is 2.80. The van der Waals surface area contributed by atoms with Crippen LogP contribution in [-0.2, 0) is 0 Å². The average Bonchev–Trinajstić information content (AvgIpc) is 2.42. The highest BCUT2D eigenvalue weighted by atomic mass is 19.1. The molecule has 5 nitrogen and oxygen atoms in total. The average molecular weight is 292 g/mol. The number of hydrogen-bond acceptors (Lipinski definition) is 3. The van der Waals surface area contributed by atoms with Crippen LogP contribution in [0.15, 0.2) is 24.3 Å². The number of hydrogen-bond donors (Lipinski definition) is 1. The lowest BCUT2D eigenvalue weighted by Gasteiger charge is -2.47. The van der Waals surface area contributed by atoms with Gasteiger partial charge in [0.2, 0.25) is 0 Å². The summed E-state index contributed by atoms with van der Waals surface area (Å²) in [7, 11) is 2.14. The molecule has 2 saturated heterocycles. The number of nitrogens with zero attached hydrogens (tertiary/aromatic N) is 3. The molecule has 2 amide bonds. The van der Waals surface area contributed by atoms with E-state index in [1.54, 1.807) is 17.0 Å². The first-order chi connectivity index (χ1) is 10.1. The minimum Gasteiger partial charge on any atom is -0.321 e. The van der Waals surface area contributed by atoms with Crippen molar-refractivity contribution >= 4 is 11.7 Å². The number of piperazine rings is 1. The van der Waals surface area contributed by atoms with Crippen molar-refractivity contribution in [3.63, 3.8) is 0 Å². The largest absolute Gasteiger partial charge is 0.321 e. The van der Waals surface area contributed by atoms with Crippen molar-refractivity contribution < 1.29 is 9.18 Å². The van der Waals surface area contributed by atoms with Crippen LogP contribution in [0.2, 0.25) is 0 Å². The molecule has 3 rings (SSSR count). The Morgan fingerprint density at radius 3 is 2.38 bits per heavy atom. The first kappa shape index (κ1) is 14.3. The molecule has 0 radical (unpaired) electrons. The number of halogens is 1. The second kappa shape index (κ2) is 5.99. The summed E-state index contributed by atoms with van der Waals surface area (Å²) in [4.78, 5) is 18.6. The Hall–Kier alpha value is -1.66. The molecule has 2 aliphatic rings. The number of anilines is 1. The number of rotatable bonds is 2. The minimum absolute atomic E-state index is 0.105. The van der Waals surface area contributed by atoms with Gasteiger partial charge in [-0.25, -0.2) is 9.18 Å². The van der Waals surface area contributed by atoms with E-state index in [4.69, 9.17) is 0 Å². The van der Waals surface area contributed by atoms with Crippen molar-refractivity contribution in [1.82, 2.24) is 14.7 Å². The normalized spacial score (nSPS) is 21.1. The topological polar surface area (TPSA) is 38.8 Å². The van der Waals surface area contributed by atoms with Gasteiger partial charge in [-0.3, -0.25) is 4.90 Å². The van der Waals surface area contributed by atoms with Crippen molar-refractivity contribution in [2.45, 2.75) is 6.04 Å². The molecule has 0 aromatic heterocycles. The zero-order valence-electron chi connectivity index (χ0n) is 12.3. The maximum absolute atomic E-state index is 12.8. The van der Waals surface area contributed by atoms with Gasteiger partial charge in [-0.05, 0) is 31.3 Å². The SMILES string of the molecule is CN1CCN(C2CN(C(=O)Nc3ccc(F)cc3)C2)CC1. The van der Waals surface area contributed by atoms with Crippen molar-refractivity contribution in [2.24, 2.45) is 0 Å². The molecule has 0 atom stereocenters. The Kier molecular flexibility index (Phi) is 4.07. The van der Waals surface area contributed by atoms with E-state index in [2.05, 4.69) is 22.2 Å². The Bertz CT molecular complexity index is 493. The summed E-state index contributed by atoms with van der Waals surface area (Å²) in [6, 6.07) is 6.22. The summed E-state index contributed by atoms with van der Waals surface area (Å²) >= 11 is 0. The molecule has 6 heteroatoms. The monoisotopic (exact) mass is 292 g/mol. The Balaban J connectivity index is 1.45. The number of benzene rings is 1. The van der Waals surface area contributed by atoms with Crippen LogP contribution in [0, 0.1) is 5.82 Å². The molecule has 1 aromatic carbocycles. The van der Waals surface area contributed by atoms with Gasteiger partial charge in [-0.15, -0.1) is 0 Å². The third-order valence-corrected chi connectivity index (χ3v) is 4.30. The Labute approximate surface area is 124 Å². The fraction of sp³-hybridized carbons (Fsp3) is 0.533. The van der Waals surface area contributed by atoms with Gasteiger partial charge in [0.05, 0.1) is 0 Å². The molecule has 2 aliphatic heterocycles. The molecule has 21 heavy (non-hydrogen) atoms. The number of nitrogens with one attached hydrogen (secondary N) is 1. The summed E-state index contributed by atoms with van der Waals surface area (Å²) in [6.07, 6.45) is 0. The van der Waals surface area contributed by atoms with Crippen molar-refractivity contribution in [3.05, 3.63) is 30.1 Å². The number of carbonyl (C=O) groups excluding carboxylic acids is 1. The third kappa shape index (κ3) is 3.33. The highest BCUT2D eigenvalue weighted by molar-refractivity contribution is 5.89. The molecular weight excluding hydrogens is 271 g/mol. The predicted octanol–water partition coefficient (Wildman–Crippen LogP) is 1.29. The van der Waals surface area contributed by atoms with Gasteiger partial charge in [-0.2, -0.15) is 0 Å². The van der Waals surface area contributed by atoms with Crippen LogP contribution in [0.5, 0.6) is 0 Å². The van der Waals surface area contributed by atoms with E-state index in [1.807, 2.05) is 0 Å². The van der Waals surface area contributed by atoms with Gasteiger partial charge in [0.25, 0.3) is 0 Å². The zero-order valence-corrected chi connectivity index (χ0v) is 12.3. The maximum Gasteiger partial charge on any atom is 0.321 e. The van der Waals surface area contributed by atoms with Crippen LogP contribution >= 0.6 is 0 Å². The van der Waals surface area contributed by atoms with Gasteiger partial charge < -0.3 is 15.1 Å². The molecule has 0 aliphatic carbocycles. The second-order valence-corrected chi connectivity index (χ2v) is 5.84. The van der Waals surface area contributed by atoms with E-state index in [0.717, 1.165) is 39.3 Å². The number of urea groups is 1. The fourth-order valence-corrected chi connectivity index (χ4v) is 2.77. The van der Waals surface area contributed by atoms with E-state index in [-0.39, 0.29) is 11.8 Å². The predicted molar refractivity (Wildman–Crippen MR) is 79.8 cm³/mol. The molecule has 0 saturated carbocycles. The molecule has 2 heterocycles. The van der Waals surface area contributed by atoms with Crippen molar-refractivity contribution in [1.29, 1.82) is 0 Å². The van der Waals surface area contributed by atoms with Crippen LogP contribution in [0.3, 0.4) is 0 Å². The standard InChI is InChI=1S/C15H21FN4O/c1-18-6-8-19(9-7-18)14-10-20(11-14)15(21)17-13-4-2-12(16)3-5-13/h2-5,14H,6-11H2,1H3,(H,17,21). The molecule has 0 unspecified atom stereocenters. The van der Waals surface area contributed by atoms with Crippen LogP contribution in [-0.4, -0.2) is 73.1 Å². The van der Waals surface area contributed by atoms with E-state index in [1.165, 1.54) is 12.1 Å². The van der Waals surface area contributed by atoms with Crippen LogP contribution in [0.25, 0.3) is 0 Å². The van der Waals surface area contributed by atoms with Gasteiger partial charge in [0.1, 0.15) is 5.82 Å². The third-order valence-electron chi connectivity index (χ3n) is 4.30. The molecular formula is C15H21FN4O. The molecule has 0 spiro atoms. The maximum atomic E-state index is 12.8. The number of likely N-dealkylation sites (tertiary alicyclic amines) is 1. The number of carbonyl (C=O) groups is 1. The number of amides is 2. The van der Waals surface area contributed by atoms with Crippen molar-refractivity contribution in [3.8, 4) is 0 Å². The van der Waals surface area contributed by atoms with Gasteiger partial charge >= 0.3 is 6.03 Å². The first-order valence-electron chi connectivity index (χ1n) is 7.36. The summed E-state index contributed by atoms with van der Waals surface area (Å²) < 4.78 is 12.8. The van der Waals surface area contributed by atoms with Gasteiger partial charge in [0, 0.05) is 51.0 Å². The minimum atomic E-state index is -0.299. The smallest absolute Gasteiger partial charge is 0.321 e. The molecule has 114 valence electrons. The van der Waals surface area contributed by atoms with Crippen molar-refractivity contribution in [2.75, 3.05) is 51.6 Å². The first-order valence-corrected chi connectivity index (χ1v) is 7.36. The van der Waals surface area contributed by atoms with Crippen LogP contribution in [0.4, 0.5) is 14.9 Å². The summed E-state index contributed by atoms with van der Waals surface area (Å²) in [5.41, 5.74) is 0.629. The van der Waals surface area contributed by atoms with E-state index in [0.29, 0.717) is 11.7 Å². The van der Waals surface area contributed by atoms with Gasteiger partial charge in [0.15, 0.2) is 0 Å². The Morgan fingerprint density at radius 1 is 1.14 bits per heavy atom. The van der Waals surface area contributed by atoms with E-state index in [9.17, 15) is 9.18 Å². The van der Waals surface area contributed by atoms with Gasteiger partial charge in [-0.1, -0.05) is 0 Å². The highest BCUT2D eigenvalue weighted by Gasteiger charge is 2.35. The molecule has 1 aromatic rings. The fourth-order valence-electron chi connectivity index (χ4n) is 2.77. The summed E-state index contributed by atoms with van der Waals surface area (Å²) in [6.45, 7) is 5.90. The van der Waals surface area contributed by atoms with Crippen LogP contribution in [0.1, 0.15) is 0 Å². The highest BCUT2D eigenvalue weighted by Crippen LogP contribution is 2.18. The second-order valence-electron chi connectivity index (χ2n) is 5.84. The summed E-state index contributed by atoms with van der Waals surface area (Å²) in [5.74, 6) is -0.299. The lowest BCUT2D eigenvalue weighted by Crippen LogP contribution is -2.64. The number of likely N-dealkylation sites (N-methyl/N-ethyl adjacent to an activating group) is 1. The molecule has 2 fully saturated rings. The molecule has 1 N–H and O–H groups in total. The zero-order chi connectivity index (χ0) is 14.8. The quantitative estimate of drug-likeness (QED) is 0.893.